The number of benzene rings is 1. The summed E-state index contributed by atoms with van der Waals surface area (Å²) < 4.78 is 16.1. The van der Waals surface area contributed by atoms with Crippen molar-refractivity contribution in [3.8, 4) is 11.5 Å². The minimum atomic E-state index is 0.505. The fraction of sp³-hybridized carbons (Fsp3) is 0.632. The molecule has 1 aromatic carbocycles. The molecule has 0 amide bonds. The van der Waals surface area contributed by atoms with Gasteiger partial charge in [-0.05, 0) is 43.0 Å². The van der Waals surface area contributed by atoms with Crippen molar-refractivity contribution in [1.29, 1.82) is 0 Å². The van der Waals surface area contributed by atoms with Crippen LogP contribution in [-0.4, -0.2) is 64.5 Å². The standard InChI is InChI=1S/C19H32N4O3/c1-4-26-11-5-7-21-19(20)22-8-10-23-9-6-15-12-17(24-2)18(25-3)13-16(15)14-23/h12-13H,4-11,14H2,1-3H3,(H3,20,21,22). The molecule has 0 bridgehead atoms. The summed E-state index contributed by atoms with van der Waals surface area (Å²) >= 11 is 0. The minimum Gasteiger partial charge on any atom is -0.493 e. The highest BCUT2D eigenvalue weighted by molar-refractivity contribution is 5.77. The van der Waals surface area contributed by atoms with Crippen LogP contribution in [-0.2, 0) is 17.7 Å². The average molecular weight is 364 g/mol. The van der Waals surface area contributed by atoms with Gasteiger partial charge < -0.3 is 25.3 Å². The van der Waals surface area contributed by atoms with Gasteiger partial charge in [-0.25, -0.2) is 0 Å². The Labute approximate surface area is 156 Å². The zero-order chi connectivity index (χ0) is 18.8. The molecule has 0 spiro atoms. The molecule has 0 fully saturated rings. The lowest BCUT2D eigenvalue weighted by Crippen LogP contribution is -2.40. The Morgan fingerprint density at radius 3 is 2.65 bits per heavy atom. The number of methoxy groups -OCH3 is 2. The average Bonchev–Trinajstić information content (AvgIpc) is 2.66. The van der Waals surface area contributed by atoms with Gasteiger partial charge in [0.1, 0.15) is 0 Å². The molecule has 7 nitrogen and oxygen atoms in total. The molecule has 0 unspecified atom stereocenters. The summed E-state index contributed by atoms with van der Waals surface area (Å²) in [6.45, 7) is 7.79. The molecule has 0 aliphatic carbocycles. The summed E-state index contributed by atoms with van der Waals surface area (Å²) in [7, 11) is 3.35. The van der Waals surface area contributed by atoms with Gasteiger partial charge in [-0.1, -0.05) is 0 Å². The maximum Gasteiger partial charge on any atom is 0.188 e. The van der Waals surface area contributed by atoms with Crippen molar-refractivity contribution in [2.45, 2.75) is 26.3 Å². The second-order valence-electron chi connectivity index (χ2n) is 6.25. The Hall–Kier alpha value is -1.99. The van der Waals surface area contributed by atoms with Gasteiger partial charge in [-0.3, -0.25) is 9.89 Å². The molecule has 1 aromatic rings. The maximum atomic E-state index is 5.90. The van der Waals surface area contributed by atoms with Crippen LogP contribution in [0.3, 0.4) is 0 Å². The van der Waals surface area contributed by atoms with Crippen LogP contribution in [0.15, 0.2) is 17.1 Å². The van der Waals surface area contributed by atoms with E-state index in [0.29, 0.717) is 12.5 Å². The van der Waals surface area contributed by atoms with E-state index in [2.05, 4.69) is 27.3 Å². The number of ether oxygens (including phenoxy) is 3. The van der Waals surface area contributed by atoms with Gasteiger partial charge in [-0.15, -0.1) is 0 Å². The van der Waals surface area contributed by atoms with E-state index in [-0.39, 0.29) is 0 Å². The molecule has 26 heavy (non-hydrogen) atoms. The van der Waals surface area contributed by atoms with Gasteiger partial charge in [0.15, 0.2) is 17.5 Å². The normalized spacial score (nSPS) is 14.8. The van der Waals surface area contributed by atoms with E-state index in [1.54, 1.807) is 14.2 Å². The maximum absolute atomic E-state index is 5.90. The molecule has 0 saturated carbocycles. The van der Waals surface area contributed by atoms with Crippen LogP contribution in [0.2, 0.25) is 0 Å². The van der Waals surface area contributed by atoms with Gasteiger partial charge >= 0.3 is 0 Å². The molecule has 3 N–H and O–H groups in total. The zero-order valence-corrected chi connectivity index (χ0v) is 16.2. The first-order valence-electron chi connectivity index (χ1n) is 9.25. The quantitative estimate of drug-likeness (QED) is 0.371. The van der Waals surface area contributed by atoms with Crippen molar-refractivity contribution in [2.24, 2.45) is 10.7 Å². The summed E-state index contributed by atoms with van der Waals surface area (Å²) in [4.78, 5) is 6.72. The van der Waals surface area contributed by atoms with E-state index in [1.807, 2.05) is 6.92 Å². The SMILES string of the molecule is CCOCCCN=C(N)NCCN1CCc2cc(OC)c(OC)cc2C1. The lowest BCUT2D eigenvalue weighted by molar-refractivity contribution is 0.146. The summed E-state index contributed by atoms with van der Waals surface area (Å²) in [6.07, 6.45) is 1.90. The van der Waals surface area contributed by atoms with E-state index < -0.39 is 0 Å². The summed E-state index contributed by atoms with van der Waals surface area (Å²) in [5.41, 5.74) is 8.53. The van der Waals surface area contributed by atoms with Gasteiger partial charge in [0.25, 0.3) is 0 Å². The fourth-order valence-electron chi connectivity index (χ4n) is 3.04. The van der Waals surface area contributed by atoms with E-state index in [9.17, 15) is 0 Å². The van der Waals surface area contributed by atoms with Crippen LogP contribution in [0.5, 0.6) is 11.5 Å². The van der Waals surface area contributed by atoms with Gasteiger partial charge in [-0.2, -0.15) is 0 Å². The second-order valence-corrected chi connectivity index (χ2v) is 6.25. The Morgan fingerprint density at radius 1 is 1.23 bits per heavy atom. The number of nitrogens with two attached hydrogens (primary N) is 1. The molecular formula is C19H32N4O3. The van der Waals surface area contributed by atoms with E-state index >= 15 is 0 Å². The molecule has 1 aliphatic rings. The molecule has 0 saturated heterocycles. The number of nitrogens with zero attached hydrogens (tertiary/aromatic N) is 2. The molecule has 1 heterocycles. The molecule has 1 aliphatic heterocycles. The summed E-state index contributed by atoms with van der Waals surface area (Å²) in [6, 6.07) is 4.18. The first kappa shape index (κ1) is 20.3. The molecule has 7 heteroatoms. The number of rotatable bonds is 10. The highest BCUT2D eigenvalue weighted by atomic mass is 16.5. The van der Waals surface area contributed by atoms with Crippen LogP contribution in [0.4, 0.5) is 0 Å². The molecule has 0 aromatic heterocycles. The van der Waals surface area contributed by atoms with Gasteiger partial charge in [0.05, 0.1) is 14.2 Å². The van der Waals surface area contributed by atoms with E-state index in [1.165, 1.54) is 11.1 Å². The summed E-state index contributed by atoms with van der Waals surface area (Å²) in [5.74, 6) is 2.09. The number of guanidine groups is 1. The smallest absolute Gasteiger partial charge is 0.188 e. The Bertz CT molecular complexity index is 592. The Kier molecular flexibility index (Phi) is 8.50. The Balaban J connectivity index is 1.76. The highest BCUT2D eigenvalue weighted by Gasteiger charge is 2.19. The summed E-state index contributed by atoms with van der Waals surface area (Å²) in [5, 5.41) is 3.19. The van der Waals surface area contributed by atoms with E-state index in [4.69, 9.17) is 19.9 Å². The number of hydrogen-bond acceptors (Lipinski definition) is 5. The lowest BCUT2D eigenvalue weighted by atomic mass is 9.99. The predicted octanol–water partition coefficient (Wildman–Crippen LogP) is 1.39. The second kappa shape index (κ2) is 10.9. The van der Waals surface area contributed by atoms with E-state index in [0.717, 1.165) is 63.7 Å². The van der Waals surface area contributed by atoms with Crippen LogP contribution in [0, 0.1) is 0 Å². The minimum absolute atomic E-state index is 0.505. The third-order valence-corrected chi connectivity index (χ3v) is 4.46. The fourth-order valence-corrected chi connectivity index (χ4v) is 3.04. The number of hydrogen-bond donors (Lipinski definition) is 2. The highest BCUT2D eigenvalue weighted by Crippen LogP contribution is 2.33. The third-order valence-electron chi connectivity index (χ3n) is 4.46. The van der Waals surface area contributed by atoms with Gasteiger partial charge in [0.2, 0.25) is 0 Å². The first-order chi connectivity index (χ1) is 12.7. The first-order valence-corrected chi connectivity index (χ1v) is 9.25. The van der Waals surface area contributed by atoms with Crippen molar-refractivity contribution in [3.63, 3.8) is 0 Å². The van der Waals surface area contributed by atoms with Crippen LogP contribution in [0.1, 0.15) is 24.5 Å². The molecule has 2 rings (SSSR count). The molecular weight excluding hydrogens is 332 g/mol. The predicted molar refractivity (Wildman–Crippen MR) is 104 cm³/mol. The molecule has 146 valence electrons. The third kappa shape index (κ3) is 6.07. The van der Waals surface area contributed by atoms with Crippen molar-refractivity contribution in [1.82, 2.24) is 10.2 Å². The zero-order valence-electron chi connectivity index (χ0n) is 16.2. The van der Waals surface area contributed by atoms with Crippen LogP contribution in [0.25, 0.3) is 0 Å². The van der Waals surface area contributed by atoms with Crippen molar-refractivity contribution < 1.29 is 14.2 Å². The van der Waals surface area contributed by atoms with Crippen LogP contribution >= 0.6 is 0 Å². The van der Waals surface area contributed by atoms with Gasteiger partial charge in [0, 0.05) is 45.9 Å². The Morgan fingerprint density at radius 2 is 1.96 bits per heavy atom. The monoisotopic (exact) mass is 364 g/mol. The number of nitrogens with one attached hydrogen (secondary N) is 1. The number of aliphatic imine (C=N–C) groups is 1. The largest absolute Gasteiger partial charge is 0.493 e. The molecule has 0 radical (unpaired) electrons. The van der Waals surface area contributed by atoms with Crippen LogP contribution < -0.4 is 20.5 Å². The van der Waals surface area contributed by atoms with Crippen molar-refractivity contribution in [3.05, 3.63) is 23.3 Å². The topological polar surface area (TPSA) is 81.3 Å². The lowest BCUT2D eigenvalue weighted by Gasteiger charge is -2.29. The number of fused-ring (bicyclic) bond motifs is 1. The molecule has 0 atom stereocenters. The van der Waals surface area contributed by atoms with Crippen molar-refractivity contribution >= 4 is 5.96 Å². The van der Waals surface area contributed by atoms with Crippen molar-refractivity contribution in [2.75, 3.05) is 53.6 Å².